The lowest BCUT2D eigenvalue weighted by Crippen LogP contribution is -2.16. The standard InChI is InChI=1S/C12H12ClNO2S/c1-9(15)16-7-12(17-8-14)6-10-3-2-4-11(13)5-10/h2-5,12H,6-7H2,1H3/t12-/m1/s1. The average Bonchev–Trinajstić information content (AvgIpc) is 2.26. The van der Waals surface area contributed by atoms with Crippen molar-refractivity contribution >= 4 is 29.3 Å². The summed E-state index contributed by atoms with van der Waals surface area (Å²) in [5, 5.41) is 11.3. The zero-order valence-corrected chi connectivity index (χ0v) is 10.9. The molecule has 0 fully saturated rings. The molecule has 0 aliphatic carbocycles. The highest BCUT2D eigenvalue weighted by Gasteiger charge is 2.12. The Morgan fingerprint density at radius 2 is 2.41 bits per heavy atom. The number of hydrogen-bond acceptors (Lipinski definition) is 4. The molecule has 0 bridgehead atoms. The van der Waals surface area contributed by atoms with Crippen LogP contribution in [0, 0.1) is 10.7 Å². The summed E-state index contributed by atoms with van der Waals surface area (Å²) in [6, 6.07) is 7.44. The second kappa shape index (κ2) is 7.21. The fraction of sp³-hybridized carbons (Fsp3) is 0.333. The van der Waals surface area contributed by atoms with E-state index < -0.39 is 0 Å². The molecule has 90 valence electrons. The number of ether oxygens (including phenoxy) is 1. The third-order valence-electron chi connectivity index (χ3n) is 2.04. The molecule has 0 saturated heterocycles. The first kappa shape index (κ1) is 13.9. The number of halogens is 1. The summed E-state index contributed by atoms with van der Waals surface area (Å²) < 4.78 is 4.92. The van der Waals surface area contributed by atoms with Gasteiger partial charge < -0.3 is 4.74 Å². The summed E-state index contributed by atoms with van der Waals surface area (Å²) in [4.78, 5) is 10.7. The van der Waals surface area contributed by atoms with E-state index >= 15 is 0 Å². The number of carbonyl (C=O) groups excluding carboxylic acids is 1. The van der Waals surface area contributed by atoms with Gasteiger partial charge in [-0.25, -0.2) is 0 Å². The van der Waals surface area contributed by atoms with E-state index in [0.717, 1.165) is 17.3 Å². The monoisotopic (exact) mass is 269 g/mol. The Bertz CT molecular complexity index is 431. The molecule has 0 radical (unpaired) electrons. The molecule has 5 heteroatoms. The van der Waals surface area contributed by atoms with Crippen molar-refractivity contribution in [2.75, 3.05) is 6.61 Å². The maximum atomic E-state index is 10.7. The van der Waals surface area contributed by atoms with Crippen molar-refractivity contribution in [3.63, 3.8) is 0 Å². The van der Waals surface area contributed by atoms with Crippen molar-refractivity contribution in [3.8, 4) is 5.40 Å². The number of nitriles is 1. The Balaban J connectivity index is 2.60. The summed E-state index contributed by atoms with van der Waals surface area (Å²) in [5.74, 6) is -0.334. The van der Waals surface area contributed by atoms with Gasteiger partial charge in [-0.3, -0.25) is 4.79 Å². The lowest BCUT2D eigenvalue weighted by Gasteiger charge is -2.12. The Morgan fingerprint density at radius 3 is 3.00 bits per heavy atom. The number of thioether (sulfide) groups is 1. The third kappa shape index (κ3) is 5.62. The quantitative estimate of drug-likeness (QED) is 0.609. The normalized spacial score (nSPS) is 11.6. The van der Waals surface area contributed by atoms with Crippen LogP contribution in [0.4, 0.5) is 0 Å². The number of nitrogens with zero attached hydrogens (tertiary/aromatic N) is 1. The molecular weight excluding hydrogens is 258 g/mol. The van der Waals surface area contributed by atoms with Crippen molar-refractivity contribution in [3.05, 3.63) is 34.9 Å². The minimum absolute atomic E-state index is 0.0673. The second-order valence-electron chi connectivity index (χ2n) is 3.47. The van der Waals surface area contributed by atoms with Crippen LogP contribution in [-0.2, 0) is 16.0 Å². The Labute approximate surface area is 110 Å². The largest absolute Gasteiger partial charge is 0.465 e. The van der Waals surface area contributed by atoms with Gasteiger partial charge in [0.2, 0.25) is 0 Å². The topological polar surface area (TPSA) is 50.1 Å². The van der Waals surface area contributed by atoms with Gasteiger partial charge in [-0.1, -0.05) is 23.7 Å². The molecule has 3 nitrogen and oxygen atoms in total. The van der Waals surface area contributed by atoms with Gasteiger partial charge in [0, 0.05) is 11.9 Å². The molecule has 1 rings (SSSR count). The molecule has 0 aliphatic rings. The number of hydrogen-bond donors (Lipinski definition) is 0. The summed E-state index contributed by atoms with van der Waals surface area (Å²) in [6.45, 7) is 1.59. The van der Waals surface area contributed by atoms with Crippen LogP contribution in [0.5, 0.6) is 0 Å². The van der Waals surface area contributed by atoms with Crippen LogP contribution in [0.15, 0.2) is 24.3 Å². The number of benzene rings is 1. The van der Waals surface area contributed by atoms with E-state index in [1.807, 2.05) is 23.6 Å². The molecule has 0 amide bonds. The molecule has 1 aromatic rings. The van der Waals surface area contributed by atoms with Crippen LogP contribution < -0.4 is 0 Å². The first-order valence-electron chi connectivity index (χ1n) is 5.04. The summed E-state index contributed by atoms with van der Waals surface area (Å²) in [6.07, 6.45) is 0.645. The van der Waals surface area contributed by atoms with Gasteiger partial charge in [0.05, 0.1) is 5.25 Å². The van der Waals surface area contributed by atoms with Crippen LogP contribution >= 0.6 is 23.4 Å². The maximum absolute atomic E-state index is 10.7. The minimum Gasteiger partial charge on any atom is -0.465 e. The Morgan fingerprint density at radius 1 is 1.65 bits per heavy atom. The van der Waals surface area contributed by atoms with E-state index in [1.165, 1.54) is 6.92 Å². The molecule has 1 atom stereocenters. The molecule has 17 heavy (non-hydrogen) atoms. The molecule has 0 spiro atoms. The predicted molar refractivity (Wildman–Crippen MR) is 68.8 cm³/mol. The number of esters is 1. The minimum atomic E-state index is -0.334. The highest BCUT2D eigenvalue weighted by atomic mass is 35.5. The van der Waals surface area contributed by atoms with Crippen LogP contribution in [0.3, 0.4) is 0 Å². The van der Waals surface area contributed by atoms with Gasteiger partial charge in [-0.2, -0.15) is 5.26 Å². The fourth-order valence-electron chi connectivity index (χ4n) is 1.35. The van der Waals surface area contributed by atoms with Crippen LogP contribution in [0.25, 0.3) is 0 Å². The number of rotatable bonds is 5. The summed E-state index contributed by atoms with van der Waals surface area (Å²) in [7, 11) is 0. The van der Waals surface area contributed by atoms with E-state index in [2.05, 4.69) is 0 Å². The highest BCUT2D eigenvalue weighted by Crippen LogP contribution is 2.18. The molecule has 0 saturated carbocycles. The van der Waals surface area contributed by atoms with E-state index in [4.69, 9.17) is 21.6 Å². The molecule has 0 aromatic heterocycles. The zero-order chi connectivity index (χ0) is 12.7. The van der Waals surface area contributed by atoms with E-state index in [9.17, 15) is 4.79 Å². The van der Waals surface area contributed by atoms with Gasteiger partial charge in [-0.05, 0) is 35.9 Å². The second-order valence-corrected chi connectivity index (χ2v) is 4.99. The van der Waals surface area contributed by atoms with Gasteiger partial charge in [-0.15, -0.1) is 0 Å². The molecule has 0 N–H and O–H groups in total. The van der Waals surface area contributed by atoms with Crippen molar-refractivity contribution < 1.29 is 9.53 Å². The van der Waals surface area contributed by atoms with E-state index in [-0.39, 0.29) is 17.8 Å². The van der Waals surface area contributed by atoms with Crippen molar-refractivity contribution in [2.45, 2.75) is 18.6 Å². The molecule has 0 unspecified atom stereocenters. The first-order valence-corrected chi connectivity index (χ1v) is 6.30. The molecule has 0 aliphatic heterocycles. The highest BCUT2D eigenvalue weighted by molar-refractivity contribution is 8.04. The predicted octanol–water partition coefficient (Wildman–Crippen LogP) is 3.03. The van der Waals surface area contributed by atoms with Crippen molar-refractivity contribution in [1.29, 1.82) is 5.26 Å². The average molecular weight is 270 g/mol. The Hall–Kier alpha value is -1.18. The van der Waals surface area contributed by atoms with Crippen molar-refractivity contribution in [1.82, 2.24) is 0 Å². The van der Waals surface area contributed by atoms with Crippen LogP contribution in [-0.4, -0.2) is 17.8 Å². The van der Waals surface area contributed by atoms with Crippen molar-refractivity contribution in [2.24, 2.45) is 0 Å². The molecule has 1 aromatic carbocycles. The first-order chi connectivity index (χ1) is 8.11. The smallest absolute Gasteiger partial charge is 0.302 e. The van der Waals surface area contributed by atoms with Gasteiger partial charge >= 0.3 is 5.97 Å². The zero-order valence-electron chi connectivity index (χ0n) is 9.35. The van der Waals surface area contributed by atoms with Gasteiger partial charge in [0.25, 0.3) is 0 Å². The van der Waals surface area contributed by atoms with Crippen LogP contribution in [0.2, 0.25) is 5.02 Å². The fourth-order valence-corrected chi connectivity index (χ4v) is 2.12. The lowest BCUT2D eigenvalue weighted by atomic mass is 10.1. The van der Waals surface area contributed by atoms with E-state index in [0.29, 0.717) is 11.4 Å². The molecular formula is C12H12ClNO2S. The van der Waals surface area contributed by atoms with Crippen LogP contribution in [0.1, 0.15) is 12.5 Å². The lowest BCUT2D eigenvalue weighted by molar-refractivity contribution is -0.140. The number of carbonyl (C=O) groups is 1. The third-order valence-corrected chi connectivity index (χ3v) is 3.02. The SMILES string of the molecule is CC(=O)OC[C@@H](Cc1cccc(Cl)c1)SC#N. The maximum Gasteiger partial charge on any atom is 0.302 e. The van der Waals surface area contributed by atoms with Gasteiger partial charge in [0.1, 0.15) is 12.0 Å². The van der Waals surface area contributed by atoms with E-state index in [1.54, 1.807) is 6.07 Å². The number of thiocyanates is 1. The summed E-state index contributed by atoms with van der Waals surface area (Å²) in [5.41, 5.74) is 1.03. The molecule has 0 heterocycles. The summed E-state index contributed by atoms with van der Waals surface area (Å²) >= 11 is 6.98. The van der Waals surface area contributed by atoms with Gasteiger partial charge in [0.15, 0.2) is 0 Å². The Kier molecular flexibility index (Phi) is 5.88.